The number of amides is 1. The number of aromatic nitrogens is 2. The van der Waals surface area contributed by atoms with Crippen LogP contribution in [0.3, 0.4) is 0 Å². The number of nitrogens with one attached hydrogen (secondary N) is 1. The van der Waals surface area contributed by atoms with E-state index in [1.54, 1.807) is 0 Å². The molecule has 1 amide bonds. The molecule has 134 valence electrons. The lowest BCUT2D eigenvalue weighted by Gasteiger charge is -2.30. The summed E-state index contributed by atoms with van der Waals surface area (Å²) in [5.41, 5.74) is 1.36. The first-order chi connectivity index (χ1) is 11.3. The smallest absolute Gasteiger partial charge is 0.407 e. The molecule has 2 N–H and O–H groups in total. The number of rotatable bonds is 5. The van der Waals surface area contributed by atoms with Crippen LogP contribution in [-0.4, -0.2) is 50.8 Å². The predicted molar refractivity (Wildman–Crippen MR) is 93.5 cm³/mol. The Morgan fingerprint density at radius 1 is 1.25 bits per heavy atom. The molecule has 1 aromatic heterocycles. The van der Waals surface area contributed by atoms with Crippen LogP contribution in [0.2, 0.25) is 0 Å². The normalized spacial score (nSPS) is 19.7. The van der Waals surface area contributed by atoms with Crippen molar-refractivity contribution in [2.75, 3.05) is 19.6 Å². The summed E-state index contributed by atoms with van der Waals surface area (Å²) in [7, 11) is 0. The van der Waals surface area contributed by atoms with Gasteiger partial charge in [0.1, 0.15) is 5.82 Å². The molecule has 2 fully saturated rings. The highest BCUT2D eigenvalue weighted by Crippen LogP contribution is 2.40. The largest absolute Gasteiger partial charge is 0.465 e. The number of carbonyl (C=O) groups is 1. The Kier molecular flexibility index (Phi) is 4.85. The zero-order valence-corrected chi connectivity index (χ0v) is 15.1. The maximum absolute atomic E-state index is 11.1. The third kappa shape index (κ3) is 4.29. The van der Waals surface area contributed by atoms with Gasteiger partial charge in [-0.1, -0.05) is 0 Å². The van der Waals surface area contributed by atoms with Gasteiger partial charge >= 0.3 is 6.09 Å². The zero-order chi connectivity index (χ0) is 17.3. The van der Waals surface area contributed by atoms with E-state index in [-0.39, 0.29) is 5.54 Å². The molecule has 0 bridgehead atoms. The average molecular weight is 334 g/mol. The van der Waals surface area contributed by atoms with Gasteiger partial charge in [0.25, 0.3) is 0 Å². The second-order valence-electron chi connectivity index (χ2n) is 8.21. The minimum Gasteiger partial charge on any atom is -0.465 e. The summed E-state index contributed by atoms with van der Waals surface area (Å²) in [6.45, 7) is 9.62. The van der Waals surface area contributed by atoms with Gasteiger partial charge < -0.3 is 19.9 Å². The minimum atomic E-state index is -0.801. The number of imidazole rings is 1. The van der Waals surface area contributed by atoms with E-state index in [2.05, 4.69) is 36.9 Å². The van der Waals surface area contributed by atoms with Gasteiger partial charge in [-0.2, -0.15) is 0 Å². The highest BCUT2D eigenvalue weighted by Gasteiger charge is 2.31. The van der Waals surface area contributed by atoms with E-state index in [0.717, 1.165) is 31.8 Å². The molecule has 3 rings (SSSR count). The van der Waals surface area contributed by atoms with E-state index in [9.17, 15) is 4.79 Å². The topological polar surface area (TPSA) is 70.4 Å². The highest BCUT2D eigenvalue weighted by molar-refractivity contribution is 5.65. The van der Waals surface area contributed by atoms with Crippen molar-refractivity contribution in [1.82, 2.24) is 19.8 Å². The summed E-state index contributed by atoms with van der Waals surface area (Å²) in [4.78, 5) is 17.6. The first-order valence-electron chi connectivity index (χ1n) is 9.13. The fourth-order valence-corrected chi connectivity index (χ4v) is 3.41. The summed E-state index contributed by atoms with van der Waals surface area (Å²) < 4.78 is 2.31. The van der Waals surface area contributed by atoms with Crippen LogP contribution in [0.5, 0.6) is 0 Å². The lowest BCUT2D eigenvalue weighted by Crippen LogP contribution is -2.39. The highest BCUT2D eigenvalue weighted by atomic mass is 16.4. The number of hydrogen-bond donors (Lipinski definition) is 2. The maximum atomic E-state index is 11.1. The van der Waals surface area contributed by atoms with Gasteiger partial charge in [-0.3, -0.25) is 0 Å². The van der Waals surface area contributed by atoms with Crippen molar-refractivity contribution in [3.8, 4) is 0 Å². The van der Waals surface area contributed by atoms with Crippen LogP contribution in [0.15, 0.2) is 6.20 Å². The number of carboxylic acid groups (broad SMARTS) is 1. The molecule has 24 heavy (non-hydrogen) atoms. The van der Waals surface area contributed by atoms with Crippen molar-refractivity contribution in [1.29, 1.82) is 0 Å². The third-order valence-corrected chi connectivity index (χ3v) is 4.96. The Balaban J connectivity index is 1.68. The molecule has 0 atom stereocenters. The standard InChI is InChI=1S/C18H30N4O2/c1-18(2,3)19-8-11-22-12-15(13-4-5-13)20-16(22)14-6-9-21(10-7-14)17(23)24/h12-14,19H,4-11H2,1-3H3,(H,23,24). The van der Waals surface area contributed by atoms with Crippen LogP contribution < -0.4 is 5.32 Å². The van der Waals surface area contributed by atoms with Gasteiger partial charge in [0, 0.05) is 49.8 Å². The van der Waals surface area contributed by atoms with Gasteiger partial charge in [-0.25, -0.2) is 9.78 Å². The number of likely N-dealkylation sites (tertiary alicyclic amines) is 1. The van der Waals surface area contributed by atoms with E-state index < -0.39 is 6.09 Å². The zero-order valence-electron chi connectivity index (χ0n) is 15.1. The molecule has 2 heterocycles. The van der Waals surface area contributed by atoms with Crippen molar-refractivity contribution in [3.05, 3.63) is 17.7 Å². The molecule has 2 aliphatic rings. The van der Waals surface area contributed by atoms with E-state index in [1.165, 1.54) is 23.4 Å². The Morgan fingerprint density at radius 2 is 1.92 bits per heavy atom. The van der Waals surface area contributed by atoms with Crippen LogP contribution >= 0.6 is 0 Å². The molecular weight excluding hydrogens is 304 g/mol. The number of hydrogen-bond acceptors (Lipinski definition) is 3. The van der Waals surface area contributed by atoms with Gasteiger partial charge in [0.2, 0.25) is 0 Å². The Morgan fingerprint density at radius 3 is 2.46 bits per heavy atom. The molecule has 0 aromatic carbocycles. The second-order valence-corrected chi connectivity index (χ2v) is 8.21. The fourth-order valence-electron chi connectivity index (χ4n) is 3.41. The van der Waals surface area contributed by atoms with Crippen molar-refractivity contribution in [2.24, 2.45) is 0 Å². The molecule has 6 nitrogen and oxygen atoms in total. The summed E-state index contributed by atoms with van der Waals surface area (Å²) in [5, 5.41) is 12.7. The summed E-state index contributed by atoms with van der Waals surface area (Å²) in [6, 6.07) is 0. The van der Waals surface area contributed by atoms with E-state index in [4.69, 9.17) is 10.1 Å². The van der Waals surface area contributed by atoms with Gasteiger partial charge in [-0.05, 0) is 46.5 Å². The summed E-state index contributed by atoms with van der Waals surface area (Å²) >= 11 is 0. The maximum Gasteiger partial charge on any atom is 0.407 e. The van der Waals surface area contributed by atoms with E-state index >= 15 is 0 Å². The van der Waals surface area contributed by atoms with Crippen molar-refractivity contribution in [2.45, 2.75) is 70.4 Å². The summed E-state index contributed by atoms with van der Waals surface area (Å²) in [5.74, 6) is 2.19. The van der Waals surface area contributed by atoms with Crippen LogP contribution in [0, 0.1) is 0 Å². The van der Waals surface area contributed by atoms with Crippen molar-refractivity contribution in [3.63, 3.8) is 0 Å². The van der Waals surface area contributed by atoms with Gasteiger partial charge in [0.15, 0.2) is 0 Å². The molecule has 0 unspecified atom stereocenters. The number of nitrogens with zero attached hydrogens (tertiary/aromatic N) is 3. The number of piperidine rings is 1. The van der Waals surface area contributed by atoms with Gasteiger partial charge in [-0.15, -0.1) is 0 Å². The SMILES string of the molecule is CC(C)(C)NCCn1cc(C2CC2)nc1C1CCN(C(=O)O)CC1. The predicted octanol–water partition coefficient (Wildman–Crippen LogP) is 3.01. The molecule has 0 spiro atoms. The molecule has 1 aliphatic carbocycles. The van der Waals surface area contributed by atoms with Crippen molar-refractivity contribution >= 4 is 6.09 Å². The molecule has 1 saturated carbocycles. The van der Waals surface area contributed by atoms with Gasteiger partial charge in [0.05, 0.1) is 5.69 Å². The second kappa shape index (κ2) is 6.75. The molecule has 1 aromatic rings. The summed E-state index contributed by atoms with van der Waals surface area (Å²) in [6.07, 6.45) is 5.70. The monoisotopic (exact) mass is 334 g/mol. The van der Waals surface area contributed by atoms with Crippen LogP contribution in [0.1, 0.15) is 69.8 Å². The van der Waals surface area contributed by atoms with Crippen molar-refractivity contribution < 1.29 is 9.90 Å². The van der Waals surface area contributed by atoms with E-state index in [0.29, 0.717) is 24.9 Å². The first kappa shape index (κ1) is 17.3. The van der Waals surface area contributed by atoms with Crippen LogP contribution in [-0.2, 0) is 6.54 Å². The molecular formula is C18H30N4O2. The average Bonchev–Trinajstić information content (AvgIpc) is 3.27. The Hall–Kier alpha value is -1.56. The molecule has 1 saturated heterocycles. The molecule has 0 radical (unpaired) electrons. The molecule has 1 aliphatic heterocycles. The van der Waals surface area contributed by atoms with Crippen LogP contribution in [0.25, 0.3) is 0 Å². The van der Waals surface area contributed by atoms with E-state index in [1.807, 2.05) is 0 Å². The Labute approximate surface area is 144 Å². The molecule has 6 heteroatoms. The third-order valence-electron chi connectivity index (χ3n) is 4.96. The minimum absolute atomic E-state index is 0.118. The fraction of sp³-hybridized carbons (Fsp3) is 0.778. The quantitative estimate of drug-likeness (QED) is 0.868. The van der Waals surface area contributed by atoms with Crippen LogP contribution in [0.4, 0.5) is 4.79 Å². The Bertz CT molecular complexity index is 578. The lowest BCUT2D eigenvalue weighted by atomic mass is 9.96. The lowest BCUT2D eigenvalue weighted by molar-refractivity contribution is 0.131. The first-order valence-corrected chi connectivity index (χ1v) is 9.13.